The summed E-state index contributed by atoms with van der Waals surface area (Å²) in [5, 5.41) is 0. The minimum absolute atomic E-state index is 0.682. The van der Waals surface area contributed by atoms with Crippen LogP contribution in [0.5, 0.6) is 5.75 Å². The van der Waals surface area contributed by atoms with Crippen molar-refractivity contribution in [3.05, 3.63) is 60.2 Å². The van der Waals surface area contributed by atoms with Gasteiger partial charge in [-0.15, -0.1) is 0 Å². The highest BCUT2D eigenvalue weighted by molar-refractivity contribution is 5.78. The van der Waals surface area contributed by atoms with Crippen molar-refractivity contribution >= 4 is 11.7 Å². The van der Waals surface area contributed by atoms with Gasteiger partial charge in [-0.25, -0.2) is 0 Å². The molecule has 4 heteroatoms. The molecular formula is C17H18N2O2. The molecule has 2 aromatic carbocycles. The maximum atomic E-state index is 5.64. The molecule has 0 saturated carbocycles. The fraction of sp³-hybridized carbons (Fsp3) is 0.235. The highest BCUT2D eigenvalue weighted by Gasteiger charge is 2.20. The largest absolute Gasteiger partial charge is 0.497 e. The second-order valence-corrected chi connectivity index (χ2v) is 4.85. The van der Waals surface area contributed by atoms with Crippen molar-refractivity contribution in [3.8, 4) is 5.75 Å². The quantitative estimate of drug-likeness (QED) is 0.863. The smallest absolute Gasteiger partial charge is 0.293 e. The van der Waals surface area contributed by atoms with Crippen molar-refractivity contribution in [2.24, 2.45) is 4.99 Å². The Hall–Kier alpha value is -2.49. The molecule has 0 N–H and O–H groups in total. The first-order valence-electron chi connectivity index (χ1n) is 6.99. The molecule has 0 aromatic heterocycles. The maximum Gasteiger partial charge on any atom is 0.293 e. The van der Waals surface area contributed by atoms with E-state index in [0.29, 0.717) is 12.6 Å². The first-order valence-corrected chi connectivity index (χ1v) is 6.99. The van der Waals surface area contributed by atoms with Gasteiger partial charge in [0.1, 0.15) is 12.4 Å². The third kappa shape index (κ3) is 3.34. The highest BCUT2D eigenvalue weighted by Crippen LogP contribution is 2.20. The van der Waals surface area contributed by atoms with Gasteiger partial charge < -0.3 is 14.4 Å². The van der Waals surface area contributed by atoms with E-state index in [9.17, 15) is 0 Å². The van der Waals surface area contributed by atoms with Crippen molar-refractivity contribution in [2.75, 3.05) is 20.3 Å². The standard InChI is InChI=1S/C17H18N2O2/c1-20-16-9-7-15(8-10-16)18-17-19(11-12-21-17)13-14-5-3-2-4-6-14/h2-10H,11-13H2,1H3. The van der Waals surface area contributed by atoms with Gasteiger partial charge in [0.05, 0.1) is 19.3 Å². The number of methoxy groups -OCH3 is 1. The summed E-state index contributed by atoms with van der Waals surface area (Å²) in [4.78, 5) is 6.73. The van der Waals surface area contributed by atoms with Crippen LogP contribution >= 0.6 is 0 Å². The van der Waals surface area contributed by atoms with Gasteiger partial charge in [0.2, 0.25) is 0 Å². The van der Waals surface area contributed by atoms with Crippen molar-refractivity contribution in [3.63, 3.8) is 0 Å². The van der Waals surface area contributed by atoms with Crippen LogP contribution in [-0.4, -0.2) is 31.2 Å². The van der Waals surface area contributed by atoms with E-state index in [4.69, 9.17) is 9.47 Å². The number of nitrogens with zero attached hydrogens (tertiary/aromatic N) is 2. The second-order valence-electron chi connectivity index (χ2n) is 4.85. The predicted octanol–water partition coefficient (Wildman–Crippen LogP) is 3.22. The summed E-state index contributed by atoms with van der Waals surface area (Å²) < 4.78 is 10.8. The van der Waals surface area contributed by atoms with Crippen molar-refractivity contribution in [2.45, 2.75) is 6.54 Å². The number of aliphatic imine (C=N–C) groups is 1. The average molecular weight is 282 g/mol. The van der Waals surface area contributed by atoms with E-state index < -0.39 is 0 Å². The van der Waals surface area contributed by atoms with Crippen molar-refractivity contribution in [1.29, 1.82) is 0 Å². The van der Waals surface area contributed by atoms with E-state index in [0.717, 1.165) is 24.5 Å². The van der Waals surface area contributed by atoms with Crippen LogP contribution in [0.15, 0.2) is 59.6 Å². The lowest BCUT2D eigenvalue weighted by Gasteiger charge is -2.15. The van der Waals surface area contributed by atoms with Gasteiger partial charge in [-0.1, -0.05) is 30.3 Å². The lowest BCUT2D eigenvalue weighted by atomic mass is 10.2. The van der Waals surface area contributed by atoms with Crippen molar-refractivity contribution in [1.82, 2.24) is 4.90 Å². The van der Waals surface area contributed by atoms with Gasteiger partial charge >= 0.3 is 0 Å². The Bertz CT molecular complexity index is 608. The Morgan fingerprint density at radius 2 is 1.86 bits per heavy atom. The molecule has 2 aromatic rings. The summed E-state index contributed by atoms with van der Waals surface area (Å²) in [7, 11) is 1.66. The molecule has 21 heavy (non-hydrogen) atoms. The molecule has 0 aliphatic carbocycles. The molecule has 1 heterocycles. The SMILES string of the molecule is COc1ccc(N=C2OCCN2Cc2ccccc2)cc1. The Labute approximate surface area is 124 Å². The normalized spacial score (nSPS) is 16.0. The summed E-state index contributed by atoms with van der Waals surface area (Å²) in [5.74, 6) is 0.826. The van der Waals surface area contributed by atoms with Gasteiger partial charge in [0.15, 0.2) is 0 Å². The maximum absolute atomic E-state index is 5.64. The van der Waals surface area contributed by atoms with Gasteiger partial charge in [0.25, 0.3) is 6.02 Å². The van der Waals surface area contributed by atoms with Gasteiger partial charge in [-0.2, -0.15) is 4.99 Å². The van der Waals surface area contributed by atoms with E-state index in [-0.39, 0.29) is 0 Å². The Morgan fingerprint density at radius 1 is 1.10 bits per heavy atom. The first-order chi connectivity index (χ1) is 10.3. The number of ether oxygens (including phenoxy) is 2. The molecular weight excluding hydrogens is 264 g/mol. The minimum atomic E-state index is 0.682. The summed E-state index contributed by atoms with van der Waals surface area (Å²) in [6.07, 6.45) is 0. The molecule has 0 unspecified atom stereocenters. The monoisotopic (exact) mass is 282 g/mol. The molecule has 1 aliphatic heterocycles. The third-order valence-corrected chi connectivity index (χ3v) is 3.38. The lowest BCUT2D eigenvalue weighted by Crippen LogP contribution is -2.24. The average Bonchev–Trinajstić information content (AvgIpc) is 2.96. The molecule has 0 bridgehead atoms. The molecule has 3 rings (SSSR count). The van der Waals surface area contributed by atoms with E-state index in [2.05, 4.69) is 22.0 Å². The fourth-order valence-corrected chi connectivity index (χ4v) is 2.25. The molecule has 0 radical (unpaired) electrons. The zero-order valence-electron chi connectivity index (χ0n) is 12.0. The minimum Gasteiger partial charge on any atom is -0.497 e. The molecule has 0 amide bonds. The Balaban J connectivity index is 1.74. The Morgan fingerprint density at radius 3 is 2.57 bits per heavy atom. The zero-order valence-corrected chi connectivity index (χ0v) is 12.0. The summed E-state index contributed by atoms with van der Waals surface area (Å²) in [6.45, 7) is 2.36. The topological polar surface area (TPSA) is 34.1 Å². The number of rotatable bonds is 4. The van der Waals surface area contributed by atoms with E-state index >= 15 is 0 Å². The fourth-order valence-electron chi connectivity index (χ4n) is 2.25. The Kier molecular flexibility index (Phi) is 4.05. The molecule has 0 spiro atoms. The van der Waals surface area contributed by atoms with Crippen LogP contribution in [-0.2, 0) is 11.3 Å². The van der Waals surface area contributed by atoms with Crippen LogP contribution in [0.1, 0.15) is 5.56 Å². The highest BCUT2D eigenvalue weighted by atomic mass is 16.5. The number of benzene rings is 2. The number of amidine groups is 1. The second kappa shape index (κ2) is 6.31. The van der Waals surface area contributed by atoms with Gasteiger partial charge in [0, 0.05) is 6.54 Å². The van der Waals surface area contributed by atoms with Crippen LogP contribution < -0.4 is 4.74 Å². The molecule has 1 aliphatic rings. The van der Waals surface area contributed by atoms with E-state index in [1.807, 2.05) is 42.5 Å². The van der Waals surface area contributed by atoms with Gasteiger partial charge in [-0.05, 0) is 29.8 Å². The van der Waals surface area contributed by atoms with E-state index in [1.54, 1.807) is 7.11 Å². The van der Waals surface area contributed by atoms with Crippen molar-refractivity contribution < 1.29 is 9.47 Å². The van der Waals surface area contributed by atoms with Crippen LogP contribution in [0.2, 0.25) is 0 Å². The van der Waals surface area contributed by atoms with Crippen LogP contribution in [0, 0.1) is 0 Å². The number of hydrogen-bond acceptors (Lipinski definition) is 3. The first kappa shape index (κ1) is 13.5. The molecule has 4 nitrogen and oxygen atoms in total. The van der Waals surface area contributed by atoms with E-state index in [1.165, 1.54) is 5.56 Å². The molecule has 1 saturated heterocycles. The summed E-state index contributed by atoms with van der Waals surface area (Å²) >= 11 is 0. The molecule has 108 valence electrons. The molecule has 0 atom stereocenters. The van der Waals surface area contributed by atoms with Crippen LogP contribution in [0.25, 0.3) is 0 Å². The predicted molar refractivity (Wildman–Crippen MR) is 82.9 cm³/mol. The third-order valence-electron chi connectivity index (χ3n) is 3.38. The van der Waals surface area contributed by atoms with Crippen LogP contribution in [0.4, 0.5) is 5.69 Å². The summed E-state index contributed by atoms with van der Waals surface area (Å²) in [5.41, 5.74) is 2.12. The van der Waals surface area contributed by atoms with Crippen LogP contribution in [0.3, 0.4) is 0 Å². The summed E-state index contributed by atoms with van der Waals surface area (Å²) in [6, 6.07) is 18.7. The zero-order chi connectivity index (χ0) is 14.5. The molecule has 1 fully saturated rings. The van der Waals surface area contributed by atoms with Gasteiger partial charge in [-0.3, -0.25) is 0 Å². The lowest BCUT2D eigenvalue weighted by molar-refractivity contribution is 0.351. The number of hydrogen-bond donors (Lipinski definition) is 0.